The monoisotopic (exact) mass is 435 g/mol. The lowest BCUT2D eigenvalue weighted by molar-refractivity contribution is 0.101. The number of pyridine rings is 1. The number of carbonyl (C=O) groups excluding carboxylic acids is 1. The molecule has 0 spiro atoms. The number of aromatic nitrogens is 7. The van der Waals surface area contributed by atoms with Crippen LogP contribution in [-0.4, -0.2) is 53.3 Å². The van der Waals surface area contributed by atoms with Crippen LogP contribution in [0.5, 0.6) is 0 Å². The van der Waals surface area contributed by atoms with E-state index in [-0.39, 0.29) is 11.4 Å². The van der Waals surface area contributed by atoms with Gasteiger partial charge in [-0.25, -0.2) is 18.9 Å². The Kier molecular flexibility index (Phi) is 4.80. The van der Waals surface area contributed by atoms with Crippen molar-refractivity contribution < 1.29 is 9.18 Å². The van der Waals surface area contributed by atoms with Crippen molar-refractivity contribution in [2.24, 2.45) is 7.05 Å². The molecular formula is C21H22FN9O. The summed E-state index contributed by atoms with van der Waals surface area (Å²) >= 11 is 0. The highest BCUT2D eigenvalue weighted by Gasteiger charge is 2.23. The number of halogens is 1. The van der Waals surface area contributed by atoms with Crippen molar-refractivity contribution in [1.29, 1.82) is 0 Å². The van der Waals surface area contributed by atoms with Crippen molar-refractivity contribution in [3.8, 4) is 11.3 Å². The number of amides is 1. The van der Waals surface area contributed by atoms with Crippen LogP contribution in [0.25, 0.3) is 16.9 Å². The Balaban J connectivity index is 1.48. The van der Waals surface area contributed by atoms with E-state index >= 15 is 0 Å². The summed E-state index contributed by atoms with van der Waals surface area (Å²) in [6.07, 6.45) is 6.67. The van der Waals surface area contributed by atoms with Crippen LogP contribution in [0.4, 0.5) is 16.0 Å². The molecule has 1 aliphatic rings. The predicted molar refractivity (Wildman–Crippen MR) is 116 cm³/mol. The lowest BCUT2D eigenvalue weighted by Gasteiger charge is -2.10. The average molecular weight is 435 g/mol. The maximum Gasteiger partial charge on any atom is 0.274 e. The molecule has 164 valence electrons. The van der Waals surface area contributed by atoms with Crippen molar-refractivity contribution in [2.75, 3.05) is 23.3 Å². The third-order valence-electron chi connectivity index (χ3n) is 5.55. The first kappa shape index (κ1) is 20.0. The summed E-state index contributed by atoms with van der Waals surface area (Å²) in [5, 5.41) is 11.2. The number of aryl methyl sites for hydroxylation is 3. The third kappa shape index (κ3) is 3.45. The zero-order valence-corrected chi connectivity index (χ0v) is 18.0. The van der Waals surface area contributed by atoms with E-state index in [1.165, 1.54) is 21.5 Å². The molecular weight excluding hydrogens is 413 g/mol. The minimum absolute atomic E-state index is 0.0191. The summed E-state index contributed by atoms with van der Waals surface area (Å²) in [5.74, 6) is 0.0338. The highest BCUT2D eigenvalue weighted by Crippen LogP contribution is 2.26. The van der Waals surface area contributed by atoms with Crippen LogP contribution < -0.4 is 10.2 Å². The van der Waals surface area contributed by atoms with E-state index in [9.17, 15) is 9.18 Å². The van der Waals surface area contributed by atoms with E-state index < -0.39 is 11.7 Å². The van der Waals surface area contributed by atoms with Crippen LogP contribution in [0.1, 0.15) is 34.7 Å². The van der Waals surface area contributed by atoms with Gasteiger partial charge in [-0.3, -0.25) is 9.48 Å². The Bertz CT molecular complexity index is 1340. The van der Waals surface area contributed by atoms with E-state index in [4.69, 9.17) is 0 Å². The summed E-state index contributed by atoms with van der Waals surface area (Å²) in [7, 11) is 1.65. The molecule has 5 rings (SSSR count). The SMILES string of the molecule is Cc1ncc(C)c(-c2cnn(C)c2C(=O)Nc2cc3nc(N4CCCC4)nn3cc2F)n1. The summed E-state index contributed by atoms with van der Waals surface area (Å²) in [5.41, 5.74) is 2.71. The van der Waals surface area contributed by atoms with E-state index in [0.717, 1.165) is 31.5 Å². The maximum absolute atomic E-state index is 14.8. The summed E-state index contributed by atoms with van der Waals surface area (Å²) in [6.45, 7) is 5.40. The molecule has 0 aliphatic carbocycles. The summed E-state index contributed by atoms with van der Waals surface area (Å²) in [4.78, 5) is 28.4. The Morgan fingerprint density at radius 2 is 1.94 bits per heavy atom. The van der Waals surface area contributed by atoms with E-state index in [2.05, 4.69) is 35.4 Å². The Hall–Kier alpha value is -3.89. The zero-order valence-electron chi connectivity index (χ0n) is 18.0. The van der Waals surface area contributed by atoms with Crippen molar-refractivity contribution >= 4 is 23.2 Å². The van der Waals surface area contributed by atoms with Gasteiger partial charge in [0.25, 0.3) is 5.91 Å². The minimum atomic E-state index is -0.610. The topological polar surface area (TPSA) is 106 Å². The van der Waals surface area contributed by atoms with Crippen LogP contribution in [0, 0.1) is 19.7 Å². The molecule has 0 atom stereocenters. The van der Waals surface area contributed by atoms with E-state index in [1.807, 2.05) is 6.92 Å². The zero-order chi connectivity index (χ0) is 22.4. The molecule has 0 aromatic carbocycles. The molecule has 4 aromatic heterocycles. The number of fused-ring (bicyclic) bond motifs is 1. The second-order valence-corrected chi connectivity index (χ2v) is 7.88. The molecule has 4 aromatic rings. The highest BCUT2D eigenvalue weighted by molar-refractivity contribution is 6.07. The smallest absolute Gasteiger partial charge is 0.274 e. The van der Waals surface area contributed by atoms with Crippen molar-refractivity contribution in [3.63, 3.8) is 0 Å². The first-order valence-electron chi connectivity index (χ1n) is 10.4. The number of carbonyl (C=O) groups is 1. The second-order valence-electron chi connectivity index (χ2n) is 7.88. The second kappa shape index (κ2) is 7.66. The number of nitrogens with zero attached hydrogens (tertiary/aromatic N) is 8. The molecule has 0 unspecified atom stereocenters. The van der Waals surface area contributed by atoms with Gasteiger partial charge in [0, 0.05) is 32.4 Å². The van der Waals surface area contributed by atoms with Gasteiger partial charge in [-0.05, 0) is 32.3 Å². The van der Waals surface area contributed by atoms with Gasteiger partial charge in [-0.15, -0.1) is 5.10 Å². The van der Waals surface area contributed by atoms with E-state index in [1.54, 1.807) is 26.4 Å². The molecule has 1 aliphatic heterocycles. The quantitative estimate of drug-likeness (QED) is 0.525. The fourth-order valence-corrected chi connectivity index (χ4v) is 3.90. The van der Waals surface area contributed by atoms with E-state index in [0.29, 0.717) is 28.7 Å². The minimum Gasteiger partial charge on any atom is -0.340 e. The summed E-state index contributed by atoms with van der Waals surface area (Å²) in [6, 6.07) is 1.48. The Morgan fingerprint density at radius 1 is 1.16 bits per heavy atom. The lowest BCUT2D eigenvalue weighted by atomic mass is 10.1. The molecule has 0 saturated carbocycles. The first-order valence-corrected chi connectivity index (χ1v) is 10.4. The molecule has 11 heteroatoms. The van der Waals surface area contributed by atoms with Gasteiger partial charge < -0.3 is 10.2 Å². The summed E-state index contributed by atoms with van der Waals surface area (Å²) < 4.78 is 17.6. The number of hydrogen-bond acceptors (Lipinski definition) is 7. The molecule has 32 heavy (non-hydrogen) atoms. The van der Waals surface area contributed by atoms with Crippen LogP contribution in [0.3, 0.4) is 0 Å². The van der Waals surface area contributed by atoms with Crippen LogP contribution in [-0.2, 0) is 7.05 Å². The van der Waals surface area contributed by atoms with Gasteiger partial charge in [0.1, 0.15) is 11.5 Å². The van der Waals surface area contributed by atoms with Crippen LogP contribution >= 0.6 is 0 Å². The third-order valence-corrected chi connectivity index (χ3v) is 5.55. The number of rotatable bonds is 4. The molecule has 0 radical (unpaired) electrons. The number of nitrogens with one attached hydrogen (secondary N) is 1. The molecule has 10 nitrogen and oxygen atoms in total. The fourth-order valence-electron chi connectivity index (χ4n) is 3.90. The Morgan fingerprint density at radius 3 is 2.72 bits per heavy atom. The first-order chi connectivity index (χ1) is 15.4. The normalized spacial score (nSPS) is 13.8. The predicted octanol–water partition coefficient (Wildman–Crippen LogP) is 2.53. The Labute approximate surface area is 183 Å². The van der Waals surface area contributed by atoms with Gasteiger partial charge in [0.15, 0.2) is 11.5 Å². The van der Waals surface area contributed by atoms with Crippen molar-refractivity contribution in [2.45, 2.75) is 26.7 Å². The van der Waals surface area contributed by atoms with Crippen LogP contribution in [0.2, 0.25) is 0 Å². The van der Waals surface area contributed by atoms with Gasteiger partial charge >= 0.3 is 0 Å². The van der Waals surface area contributed by atoms with Crippen molar-refractivity contribution in [1.82, 2.24) is 34.3 Å². The standard InChI is InChI=1S/C21H22FN9O/c1-12-9-23-13(2)25-18(12)14-10-24-29(3)19(14)20(32)26-16-8-17-27-21(30-6-4-5-7-30)28-31(17)11-15(16)22/h8-11H,4-7H2,1-3H3,(H,26,32). The van der Waals surface area contributed by atoms with Gasteiger partial charge in [0.05, 0.1) is 29.3 Å². The number of hydrogen-bond donors (Lipinski definition) is 1. The van der Waals surface area contributed by atoms with Crippen LogP contribution in [0.15, 0.2) is 24.7 Å². The highest BCUT2D eigenvalue weighted by atomic mass is 19.1. The molecule has 1 N–H and O–H groups in total. The van der Waals surface area contributed by atoms with Gasteiger partial charge in [-0.1, -0.05) is 0 Å². The largest absolute Gasteiger partial charge is 0.340 e. The molecule has 1 fully saturated rings. The average Bonchev–Trinajstić information content (AvgIpc) is 3.49. The molecule has 1 amide bonds. The van der Waals surface area contributed by atoms with Gasteiger partial charge in [-0.2, -0.15) is 10.1 Å². The number of anilines is 2. The molecule has 1 saturated heterocycles. The molecule has 5 heterocycles. The van der Waals surface area contributed by atoms with Crippen molar-refractivity contribution in [3.05, 3.63) is 47.6 Å². The maximum atomic E-state index is 14.8. The lowest BCUT2D eigenvalue weighted by Crippen LogP contribution is -2.19. The fraction of sp³-hybridized carbons (Fsp3) is 0.333. The van der Waals surface area contributed by atoms with Gasteiger partial charge in [0.2, 0.25) is 5.95 Å². The molecule has 0 bridgehead atoms.